The fourth-order valence-electron chi connectivity index (χ4n) is 1.80. The summed E-state index contributed by atoms with van der Waals surface area (Å²) in [7, 11) is -5.01. The summed E-state index contributed by atoms with van der Waals surface area (Å²) >= 11 is 0. The van der Waals surface area contributed by atoms with Crippen molar-refractivity contribution < 1.29 is 118 Å². The van der Waals surface area contributed by atoms with Gasteiger partial charge in [-0.15, -0.1) is 0 Å². The van der Waals surface area contributed by atoms with Crippen molar-refractivity contribution in [1.82, 2.24) is 0 Å². The molecule has 0 atom stereocenters. The summed E-state index contributed by atoms with van der Waals surface area (Å²) in [6.45, 7) is -4.50. The summed E-state index contributed by atoms with van der Waals surface area (Å²) in [5.41, 5.74) is 0. The van der Waals surface area contributed by atoms with Gasteiger partial charge >= 0.3 is 77.4 Å². The Balaban J connectivity index is 0. The van der Waals surface area contributed by atoms with Crippen LogP contribution in [0.5, 0.6) is 0 Å². The van der Waals surface area contributed by atoms with Gasteiger partial charge in [0.15, 0.2) is 0 Å². The molecule has 0 rings (SSSR count). The van der Waals surface area contributed by atoms with Crippen molar-refractivity contribution in [3.05, 3.63) is 0 Å². The van der Waals surface area contributed by atoms with Crippen molar-refractivity contribution in [2.24, 2.45) is 0 Å². The minimum Gasteiger partial charge on any atom is -0.748 e. The molecule has 0 N–H and O–H groups in total. The van der Waals surface area contributed by atoms with Crippen LogP contribution in [0, 0.1) is 0 Å². The molecule has 4 nitrogen and oxygen atoms in total. The van der Waals surface area contributed by atoms with Crippen LogP contribution in [0.15, 0.2) is 0 Å². The van der Waals surface area contributed by atoms with Gasteiger partial charge in [0, 0.05) is 12.4 Å². The Hall–Kier alpha value is -0.250. The molecule has 0 fully saturated rings. The third-order valence-corrected chi connectivity index (χ3v) is 4.48. The van der Waals surface area contributed by atoms with Crippen molar-refractivity contribution in [2.45, 2.75) is 54.3 Å². The molecular weight excluding hydrogens is 567 g/mol. The Kier molecular flexibility index (Phi) is 11.2. The van der Waals surface area contributed by atoms with E-state index >= 15 is 0 Å². The van der Waals surface area contributed by atoms with Crippen LogP contribution in [0.3, 0.4) is 0 Å². The fraction of sp³-hybridized carbons (Fsp3) is 1.00. The normalized spacial score (nSPS) is 15.5. The number of hydrogen-bond donors (Lipinski definition) is 0. The van der Waals surface area contributed by atoms with Crippen molar-refractivity contribution in [1.29, 1.82) is 0 Å². The fourth-order valence-corrected chi connectivity index (χ4v) is 2.27. The molecule has 0 saturated carbocycles. The smallest absolute Gasteiger partial charge is 0.748 e. The second kappa shape index (κ2) is 10.6. The number of halogens is 16. The van der Waals surface area contributed by atoms with Gasteiger partial charge in [-0.25, -0.2) is 17.2 Å². The Labute approximate surface area is 201 Å². The molecule has 0 aromatic carbocycles. The maximum atomic E-state index is 13.4. The molecule has 34 heavy (non-hydrogen) atoms. The van der Waals surface area contributed by atoms with E-state index in [9.17, 15) is 83.2 Å². The van der Waals surface area contributed by atoms with Crippen LogP contribution in [0.25, 0.3) is 0 Å². The summed E-state index contributed by atoms with van der Waals surface area (Å²) < 4.78 is 243. The largest absolute Gasteiger partial charge is 1.00 e. The topological polar surface area (TPSA) is 66.4 Å². The summed E-state index contributed by atoms with van der Waals surface area (Å²) in [5, 5.41) is 0. The van der Waals surface area contributed by atoms with Gasteiger partial charge in [-0.2, -0.15) is 61.5 Å². The molecule has 0 bridgehead atoms. The zero-order chi connectivity index (χ0) is 27.1. The minimum atomic E-state index is -8.49. The van der Waals surface area contributed by atoms with Gasteiger partial charge < -0.3 is 9.29 Å². The first kappa shape index (κ1) is 35.9. The molecule has 200 valence electrons. The van der Waals surface area contributed by atoms with E-state index in [-0.39, 0.29) is 29.6 Å². The van der Waals surface area contributed by atoms with Gasteiger partial charge in [0.2, 0.25) is 0 Å². The van der Waals surface area contributed by atoms with Crippen LogP contribution in [0.4, 0.5) is 70.2 Å². The maximum absolute atomic E-state index is 13.4. The quantitative estimate of drug-likeness (QED) is 0.145. The van der Waals surface area contributed by atoms with E-state index in [1.165, 1.54) is 0 Å². The van der Waals surface area contributed by atoms with E-state index in [1.807, 2.05) is 0 Å². The van der Waals surface area contributed by atoms with Gasteiger partial charge in [-0.1, -0.05) is 0 Å². The SMILES string of the molecule is O=S(=O)([O-])CCCOCC(F)(F)C(F)(F)C(F)(F)C(F)(F)C(F)(F)C(F)(F)C(F)(F)C(F)F.[Na+]. The molecule has 0 radical (unpaired) electrons. The first-order chi connectivity index (χ1) is 14.2. The molecule has 0 aliphatic carbocycles. The number of rotatable bonds is 13. The standard InChI is InChI=1S/C12H10F16O4S.Na/c13-5(14)7(17,18)9(21,22)11(25,26)12(27,28)10(23,24)8(19,20)6(15,16)4-32-2-1-3-33(29,30)31;/h5H,1-4H2,(H,29,30,31);/q;+1/p-1. The molecule has 0 saturated heterocycles. The van der Waals surface area contributed by atoms with Gasteiger partial charge in [-0.05, 0) is 6.42 Å². The van der Waals surface area contributed by atoms with Crippen molar-refractivity contribution in [3.63, 3.8) is 0 Å². The summed E-state index contributed by atoms with van der Waals surface area (Å²) in [5.74, 6) is -56.7. The van der Waals surface area contributed by atoms with E-state index in [4.69, 9.17) is 0 Å². The number of ether oxygens (including phenoxy) is 1. The molecule has 0 amide bonds. The van der Waals surface area contributed by atoms with E-state index in [0.717, 1.165) is 0 Å². The zero-order valence-corrected chi connectivity index (χ0v) is 18.8. The van der Waals surface area contributed by atoms with Crippen LogP contribution in [0.1, 0.15) is 6.42 Å². The monoisotopic (exact) mass is 576 g/mol. The van der Waals surface area contributed by atoms with Crippen LogP contribution in [0.2, 0.25) is 0 Å². The second-order valence-corrected chi connectivity index (χ2v) is 7.69. The first-order valence-corrected chi connectivity index (χ1v) is 9.17. The minimum absolute atomic E-state index is 0. The van der Waals surface area contributed by atoms with Gasteiger partial charge in [-0.3, -0.25) is 0 Å². The average molecular weight is 576 g/mol. The summed E-state index contributed by atoms with van der Waals surface area (Å²) in [6, 6.07) is 0. The van der Waals surface area contributed by atoms with Crippen LogP contribution < -0.4 is 29.6 Å². The third kappa shape index (κ3) is 6.17. The summed E-state index contributed by atoms with van der Waals surface area (Å²) in [4.78, 5) is 0. The molecule has 0 unspecified atom stereocenters. The van der Waals surface area contributed by atoms with Gasteiger partial charge in [0.25, 0.3) is 0 Å². The molecular formula is C12H9F16NaO4S. The Morgan fingerprint density at radius 3 is 1.38 bits per heavy atom. The third-order valence-electron chi connectivity index (χ3n) is 3.70. The molecule has 0 spiro atoms. The Morgan fingerprint density at radius 1 is 0.676 bits per heavy atom. The second-order valence-electron chi connectivity index (χ2n) is 6.17. The molecule has 0 aromatic heterocycles. The van der Waals surface area contributed by atoms with E-state index in [1.54, 1.807) is 0 Å². The van der Waals surface area contributed by atoms with Gasteiger partial charge in [0.05, 0.1) is 10.1 Å². The average Bonchev–Trinajstić information content (AvgIpc) is 2.58. The molecule has 0 aromatic rings. The molecule has 0 aliphatic rings. The van der Waals surface area contributed by atoms with Crippen LogP contribution in [-0.2, 0) is 14.9 Å². The van der Waals surface area contributed by atoms with Crippen LogP contribution >= 0.6 is 0 Å². The van der Waals surface area contributed by atoms with E-state index < -0.39 is 83.4 Å². The molecule has 0 heterocycles. The van der Waals surface area contributed by atoms with E-state index in [0.29, 0.717) is 0 Å². The van der Waals surface area contributed by atoms with Gasteiger partial charge in [0.1, 0.15) is 6.61 Å². The zero-order valence-electron chi connectivity index (χ0n) is 16.0. The predicted octanol–water partition coefficient (Wildman–Crippen LogP) is 1.65. The van der Waals surface area contributed by atoms with Crippen LogP contribution in [-0.4, -0.2) is 79.8 Å². The summed E-state index contributed by atoms with van der Waals surface area (Å²) in [6.07, 6.45) is -6.97. The Bertz CT molecular complexity index is 785. The van der Waals surface area contributed by atoms with Crippen molar-refractivity contribution in [3.8, 4) is 0 Å². The predicted molar refractivity (Wildman–Crippen MR) is 70.6 cm³/mol. The maximum Gasteiger partial charge on any atom is 1.00 e. The van der Waals surface area contributed by atoms with E-state index in [2.05, 4.69) is 4.74 Å². The van der Waals surface area contributed by atoms with Crippen molar-refractivity contribution >= 4 is 10.1 Å². The Morgan fingerprint density at radius 2 is 1.03 bits per heavy atom. The van der Waals surface area contributed by atoms with Crippen molar-refractivity contribution in [2.75, 3.05) is 19.0 Å². The molecule has 22 heteroatoms. The first-order valence-electron chi connectivity index (χ1n) is 7.59. The number of hydrogen-bond acceptors (Lipinski definition) is 4. The number of alkyl halides is 16. The molecule has 0 aliphatic heterocycles.